The Morgan fingerprint density at radius 3 is 2.88 bits per heavy atom. The second-order valence-electron chi connectivity index (χ2n) is 5.22. The first kappa shape index (κ1) is 14.3. The fraction of sp³-hybridized carbons (Fsp3) is 0.923. The van der Waals surface area contributed by atoms with E-state index in [1.807, 2.05) is 6.92 Å². The van der Waals surface area contributed by atoms with Gasteiger partial charge in [0, 0.05) is 12.6 Å². The maximum atomic E-state index is 11.6. The number of hydrogen-bond donors (Lipinski definition) is 3. The molecule has 0 radical (unpaired) electrons. The van der Waals surface area contributed by atoms with Crippen molar-refractivity contribution < 1.29 is 9.90 Å². The van der Waals surface area contributed by atoms with Crippen LogP contribution in [0.2, 0.25) is 0 Å². The third-order valence-electron chi connectivity index (χ3n) is 3.51. The molecular weight excluding hydrogens is 216 g/mol. The van der Waals surface area contributed by atoms with Crippen LogP contribution in [0.15, 0.2) is 0 Å². The zero-order valence-corrected chi connectivity index (χ0v) is 11.0. The number of amides is 2. The minimum Gasteiger partial charge on any atom is -0.393 e. The van der Waals surface area contributed by atoms with Crippen LogP contribution in [0.3, 0.4) is 0 Å². The minimum atomic E-state index is -0.301. The summed E-state index contributed by atoms with van der Waals surface area (Å²) in [5, 5.41) is 15.2. The third-order valence-corrected chi connectivity index (χ3v) is 3.51. The third kappa shape index (κ3) is 5.91. The van der Waals surface area contributed by atoms with Gasteiger partial charge in [-0.25, -0.2) is 4.79 Å². The van der Waals surface area contributed by atoms with Crippen LogP contribution in [-0.4, -0.2) is 29.8 Å². The SMILES string of the molecule is CCC(O)CCNC(=O)NC1CCCC(C)C1. The smallest absolute Gasteiger partial charge is 0.315 e. The summed E-state index contributed by atoms with van der Waals surface area (Å²) >= 11 is 0. The minimum absolute atomic E-state index is 0.0904. The molecule has 1 rings (SSSR count). The van der Waals surface area contributed by atoms with Crippen molar-refractivity contribution in [2.45, 2.75) is 64.5 Å². The van der Waals surface area contributed by atoms with Crippen molar-refractivity contribution in [1.29, 1.82) is 0 Å². The lowest BCUT2D eigenvalue weighted by atomic mass is 9.87. The molecule has 100 valence electrons. The molecule has 0 aromatic carbocycles. The Balaban J connectivity index is 2.11. The number of nitrogens with one attached hydrogen (secondary N) is 2. The van der Waals surface area contributed by atoms with E-state index in [9.17, 15) is 9.90 Å². The average Bonchev–Trinajstić information content (AvgIpc) is 2.28. The highest BCUT2D eigenvalue weighted by molar-refractivity contribution is 5.74. The quantitative estimate of drug-likeness (QED) is 0.690. The summed E-state index contributed by atoms with van der Waals surface area (Å²) in [6.07, 6.45) is 5.74. The highest BCUT2D eigenvalue weighted by Gasteiger charge is 2.20. The predicted octanol–water partition coefficient (Wildman–Crippen LogP) is 2.03. The summed E-state index contributed by atoms with van der Waals surface area (Å²) in [7, 11) is 0. The molecule has 0 aromatic heterocycles. The number of hydrogen-bond acceptors (Lipinski definition) is 2. The van der Waals surface area contributed by atoms with E-state index in [0.717, 1.165) is 25.2 Å². The second-order valence-corrected chi connectivity index (χ2v) is 5.22. The number of aliphatic hydroxyl groups excluding tert-OH is 1. The summed E-state index contributed by atoms with van der Waals surface area (Å²) in [6.45, 7) is 4.72. The van der Waals surface area contributed by atoms with Crippen LogP contribution in [0.4, 0.5) is 4.79 Å². The van der Waals surface area contributed by atoms with Gasteiger partial charge in [-0.05, 0) is 31.6 Å². The fourth-order valence-corrected chi connectivity index (χ4v) is 2.36. The maximum Gasteiger partial charge on any atom is 0.315 e. The highest BCUT2D eigenvalue weighted by atomic mass is 16.3. The van der Waals surface area contributed by atoms with Crippen LogP contribution in [0.1, 0.15) is 52.4 Å². The maximum absolute atomic E-state index is 11.6. The van der Waals surface area contributed by atoms with E-state index in [-0.39, 0.29) is 12.1 Å². The molecular formula is C13H26N2O2. The molecule has 1 aliphatic rings. The molecule has 3 unspecified atom stereocenters. The van der Waals surface area contributed by atoms with E-state index >= 15 is 0 Å². The van der Waals surface area contributed by atoms with E-state index in [1.165, 1.54) is 12.8 Å². The van der Waals surface area contributed by atoms with Crippen molar-refractivity contribution in [2.75, 3.05) is 6.54 Å². The summed E-state index contributed by atoms with van der Waals surface area (Å²) in [6, 6.07) is 0.238. The Bertz CT molecular complexity index is 233. The summed E-state index contributed by atoms with van der Waals surface area (Å²) in [5.41, 5.74) is 0. The lowest BCUT2D eigenvalue weighted by Gasteiger charge is -2.27. The molecule has 0 spiro atoms. The predicted molar refractivity (Wildman–Crippen MR) is 68.9 cm³/mol. The van der Waals surface area contributed by atoms with Crippen LogP contribution < -0.4 is 10.6 Å². The molecule has 2 amide bonds. The largest absolute Gasteiger partial charge is 0.393 e. The van der Waals surface area contributed by atoms with Crippen molar-refractivity contribution in [3.63, 3.8) is 0 Å². The van der Waals surface area contributed by atoms with Crippen LogP contribution >= 0.6 is 0 Å². The molecule has 4 heteroatoms. The van der Waals surface area contributed by atoms with Crippen LogP contribution in [-0.2, 0) is 0 Å². The van der Waals surface area contributed by atoms with E-state index < -0.39 is 0 Å². The zero-order chi connectivity index (χ0) is 12.7. The van der Waals surface area contributed by atoms with Gasteiger partial charge in [0.15, 0.2) is 0 Å². The lowest BCUT2D eigenvalue weighted by molar-refractivity contribution is 0.159. The molecule has 0 aromatic rings. The topological polar surface area (TPSA) is 61.4 Å². The second kappa shape index (κ2) is 7.54. The first-order valence-electron chi connectivity index (χ1n) is 6.84. The van der Waals surface area contributed by atoms with E-state index in [0.29, 0.717) is 19.0 Å². The molecule has 0 saturated heterocycles. The van der Waals surface area contributed by atoms with Gasteiger partial charge in [-0.1, -0.05) is 26.7 Å². The number of rotatable bonds is 5. The first-order valence-corrected chi connectivity index (χ1v) is 6.84. The Morgan fingerprint density at radius 2 is 2.24 bits per heavy atom. The Morgan fingerprint density at radius 1 is 1.47 bits per heavy atom. The molecule has 0 aliphatic heterocycles. The van der Waals surface area contributed by atoms with Crippen LogP contribution in [0.5, 0.6) is 0 Å². The van der Waals surface area contributed by atoms with Crippen molar-refractivity contribution >= 4 is 6.03 Å². The van der Waals surface area contributed by atoms with Crippen LogP contribution in [0.25, 0.3) is 0 Å². The molecule has 0 heterocycles. The van der Waals surface area contributed by atoms with Gasteiger partial charge in [-0.2, -0.15) is 0 Å². The van der Waals surface area contributed by atoms with Gasteiger partial charge in [-0.15, -0.1) is 0 Å². The molecule has 3 atom stereocenters. The van der Waals surface area contributed by atoms with Gasteiger partial charge < -0.3 is 15.7 Å². The van der Waals surface area contributed by atoms with Gasteiger partial charge in [-0.3, -0.25) is 0 Å². The van der Waals surface area contributed by atoms with Crippen molar-refractivity contribution in [3.05, 3.63) is 0 Å². The number of urea groups is 1. The fourth-order valence-electron chi connectivity index (χ4n) is 2.36. The van der Waals surface area contributed by atoms with Crippen LogP contribution in [0, 0.1) is 5.92 Å². The molecule has 3 N–H and O–H groups in total. The van der Waals surface area contributed by atoms with Crippen molar-refractivity contribution in [2.24, 2.45) is 5.92 Å². The van der Waals surface area contributed by atoms with E-state index in [2.05, 4.69) is 17.6 Å². The summed E-state index contributed by atoms with van der Waals surface area (Å²) in [4.78, 5) is 11.6. The molecule has 17 heavy (non-hydrogen) atoms. The Hall–Kier alpha value is -0.770. The van der Waals surface area contributed by atoms with Gasteiger partial charge in [0.2, 0.25) is 0 Å². The number of carbonyl (C=O) groups is 1. The Kier molecular flexibility index (Phi) is 6.34. The zero-order valence-electron chi connectivity index (χ0n) is 11.0. The van der Waals surface area contributed by atoms with Crippen molar-refractivity contribution in [1.82, 2.24) is 10.6 Å². The molecule has 4 nitrogen and oxygen atoms in total. The summed E-state index contributed by atoms with van der Waals surface area (Å²) in [5.74, 6) is 0.718. The number of carbonyl (C=O) groups excluding carboxylic acids is 1. The first-order chi connectivity index (χ1) is 8.11. The average molecular weight is 242 g/mol. The normalized spacial score (nSPS) is 26.3. The van der Waals surface area contributed by atoms with Gasteiger partial charge >= 0.3 is 6.03 Å². The molecule has 0 bridgehead atoms. The molecule has 1 aliphatic carbocycles. The number of aliphatic hydroxyl groups is 1. The molecule has 1 fully saturated rings. The monoisotopic (exact) mass is 242 g/mol. The van der Waals surface area contributed by atoms with Crippen molar-refractivity contribution in [3.8, 4) is 0 Å². The van der Waals surface area contributed by atoms with E-state index in [1.54, 1.807) is 0 Å². The molecule has 1 saturated carbocycles. The summed E-state index contributed by atoms with van der Waals surface area (Å²) < 4.78 is 0. The van der Waals surface area contributed by atoms with E-state index in [4.69, 9.17) is 0 Å². The van der Waals surface area contributed by atoms with Gasteiger partial charge in [0.25, 0.3) is 0 Å². The van der Waals surface area contributed by atoms with Gasteiger partial charge in [0.1, 0.15) is 0 Å². The lowest BCUT2D eigenvalue weighted by Crippen LogP contribution is -2.44. The standard InChI is InChI=1S/C13H26N2O2/c1-3-12(16)7-8-14-13(17)15-11-6-4-5-10(2)9-11/h10-12,16H,3-9H2,1-2H3,(H2,14,15,17). The highest BCUT2D eigenvalue weighted by Crippen LogP contribution is 2.23. The Labute approximate surface area is 104 Å². The van der Waals surface area contributed by atoms with Gasteiger partial charge in [0.05, 0.1) is 6.10 Å².